The Morgan fingerprint density at radius 2 is 1.72 bits per heavy atom. The van der Waals surface area contributed by atoms with Crippen molar-refractivity contribution >= 4 is 27.5 Å². The Bertz CT molecular complexity index is 1040. The third-order valence-electron chi connectivity index (χ3n) is 4.26. The molecule has 2 aromatic rings. The molecule has 0 saturated carbocycles. The molecular weight excluding hydrogens is 432 g/mol. The average molecular weight is 463 g/mol. The molecular formula is C23H30N2O6S. The van der Waals surface area contributed by atoms with Crippen molar-refractivity contribution in [3.63, 3.8) is 0 Å². The number of carbonyl (C=O) groups is 2. The minimum Gasteiger partial charge on any atom is -0.493 e. The molecule has 1 N–H and O–H groups in total. The summed E-state index contributed by atoms with van der Waals surface area (Å²) >= 11 is 0. The predicted octanol–water partition coefficient (Wildman–Crippen LogP) is 3.98. The van der Waals surface area contributed by atoms with Crippen LogP contribution in [0.1, 0.15) is 37.6 Å². The fourth-order valence-electron chi connectivity index (χ4n) is 2.73. The smallest absolute Gasteiger partial charge is 0.412 e. The second-order valence-corrected chi connectivity index (χ2v) is 10.4. The number of anilines is 1. The van der Waals surface area contributed by atoms with Gasteiger partial charge in [0, 0.05) is 31.1 Å². The van der Waals surface area contributed by atoms with Gasteiger partial charge in [-0.05, 0) is 69.7 Å². The second kappa shape index (κ2) is 10.5. The van der Waals surface area contributed by atoms with Gasteiger partial charge in [0.2, 0.25) is 0 Å². The van der Waals surface area contributed by atoms with Crippen LogP contribution in [-0.2, 0) is 14.6 Å². The van der Waals surface area contributed by atoms with Crippen LogP contribution >= 0.6 is 0 Å². The maximum absolute atomic E-state index is 12.6. The summed E-state index contributed by atoms with van der Waals surface area (Å²) in [7, 11) is -1.60. The molecule has 0 unspecified atom stereocenters. The van der Waals surface area contributed by atoms with E-state index in [1.165, 1.54) is 12.1 Å². The SMILES string of the molecule is CN(CCCOc1cccc(S(C)(=O)=O)c1)C(=O)c1ccc(NC(=O)OC(C)(C)C)cc1. The van der Waals surface area contributed by atoms with Crippen LogP contribution in [0, 0.1) is 0 Å². The van der Waals surface area contributed by atoms with E-state index in [1.54, 1.807) is 69.1 Å². The maximum Gasteiger partial charge on any atom is 0.412 e. The highest BCUT2D eigenvalue weighted by Gasteiger charge is 2.17. The first-order valence-electron chi connectivity index (χ1n) is 10.1. The Morgan fingerprint density at radius 1 is 1.06 bits per heavy atom. The van der Waals surface area contributed by atoms with Crippen LogP contribution in [0.5, 0.6) is 5.75 Å². The first-order valence-corrected chi connectivity index (χ1v) is 12.0. The van der Waals surface area contributed by atoms with Gasteiger partial charge >= 0.3 is 6.09 Å². The first-order chi connectivity index (χ1) is 14.8. The number of rotatable bonds is 8. The second-order valence-electron chi connectivity index (χ2n) is 8.38. The molecule has 0 radical (unpaired) electrons. The fourth-order valence-corrected chi connectivity index (χ4v) is 3.38. The van der Waals surface area contributed by atoms with E-state index < -0.39 is 21.5 Å². The summed E-state index contributed by atoms with van der Waals surface area (Å²) < 4.78 is 34.0. The fraction of sp³-hybridized carbons (Fsp3) is 0.391. The van der Waals surface area contributed by atoms with Gasteiger partial charge in [0.15, 0.2) is 9.84 Å². The number of nitrogens with zero attached hydrogens (tertiary/aromatic N) is 1. The molecule has 174 valence electrons. The number of hydrogen-bond acceptors (Lipinski definition) is 6. The molecule has 0 spiro atoms. The molecule has 2 rings (SSSR count). The predicted molar refractivity (Wildman–Crippen MR) is 123 cm³/mol. The minimum absolute atomic E-state index is 0.159. The lowest BCUT2D eigenvalue weighted by Gasteiger charge is -2.20. The van der Waals surface area contributed by atoms with E-state index >= 15 is 0 Å². The molecule has 0 saturated heterocycles. The highest BCUT2D eigenvalue weighted by atomic mass is 32.2. The third kappa shape index (κ3) is 8.22. The van der Waals surface area contributed by atoms with E-state index in [-0.39, 0.29) is 10.8 Å². The van der Waals surface area contributed by atoms with Crippen LogP contribution < -0.4 is 10.1 Å². The molecule has 0 aliphatic heterocycles. The van der Waals surface area contributed by atoms with Crippen LogP contribution in [0.25, 0.3) is 0 Å². The molecule has 0 atom stereocenters. The lowest BCUT2D eigenvalue weighted by atomic mass is 10.2. The molecule has 0 aliphatic rings. The summed E-state index contributed by atoms with van der Waals surface area (Å²) in [6, 6.07) is 12.9. The Morgan fingerprint density at radius 3 is 2.31 bits per heavy atom. The van der Waals surface area contributed by atoms with Crippen molar-refractivity contribution < 1.29 is 27.5 Å². The summed E-state index contributed by atoms with van der Waals surface area (Å²) in [6.45, 7) is 6.14. The summed E-state index contributed by atoms with van der Waals surface area (Å²) in [5, 5.41) is 2.62. The van der Waals surface area contributed by atoms with E-state index in [2.05, 4.69) is 5.32 Å². The molecule has 2 aromatic carbocycles. The minimum atomic E-state index is -3.29. The van der Waals surface area contributed by atoms with Crippen LogP contribution in [0.4, 0.5) is 10.5 Å². The zero-order valence-corrected chi connectivity index (χ0v) is 19.9. The van der Waals surface area contributed by atoms with E-state index in [0.29, 0.717) is 36.6 Å². The molecule has 9 heteroatoms. The summed E-state index contributed by atoms with van der Waals surface area (Å²) in [5.74, 6) is 0.308. The van der Waals surface area contributed by atoms with Gasteiger partial charge < -0.3 is 14.4 Å². The molecule has 0 aromatic heterocycles. The number of nitrogens with one attached hydrogen (secondary N) is 1. The standard InChI is InChI=1S/C23H30N2O6S/c1-23(2,3)31-22(27)24-18-12-10-17(11-13-18)21(26)25(4)14-7-15-30-19-8-6-9-20(16-19)32(5,28)29/h6,8-13,16H,7,14-15H2,1-5H3,(H,24,27). The number of hydrogen-bond donors (Lipinski definition) is 1. The normalized spacial score (nSPS) is 11.5. The summed E-state index contributed by atoms with van der Waals surface area (Å²) in [5.41, 5.74) is 0.426. The van der Waals surface area contributed by atoms with Crippen LogP contribution in [-0.4, -0.2) is 57.4 Å². The van der Waals surface area contributed by atoms with E-state index in [1.807, 2.05) is 0 Å². The monoisotopic (exact) mass is 462 g/mol. The van der Waals surface area contributed by atoms with Gasteiger partial charge in [-0.25, -0.2) is 13.2 Å². The average Bonchev–Trinajstić information content (AvgIpc) is 2.69. The van der Waals surface area contributed by atoms with Gasteiger partial charge in [0.1, 0.15) is 11.4 Å². The van der Waals surface area contributed by atoms with Crippen molar-refractivity contribution in [1.82, 2.24) is 4.90 Å². The van der Waals surface area contributed by atoms with Gasteiger partial charge in [0.25, 0.3) is 5.91 Å². The Hall–Kier alpha value is -3.07. The third-order valence-corrected chi connectivity index (χ3v) is 5.37. The van der Waals surface area contributed by atoms with E-state index in [0.717, 1.165) is 6.26 Å². The van der Waals surface area contributed by atoms with Crippen LogP contribution in [0.3, 0.4) is 0 Å². The lowest BCUT2D eigenvalue weighted by molar-refractivity contribution is 0.0635. The van der Waals surface area contributed by atoms with Crippen molar-refractivity contribution in [3.05, 3.63) is 54.1 Å². The molecule has 0 fully saturated rings. The molecule has 0 bridgehead atoms. The highest BCUT2D eigenvalue weighted by Crippen LogP contribution is 2.18. The topological polar surface area (TPSA) is 102 Å². The van der Waals surface area contributed by atoms with Gasteiger partial charge in [-0.1, -0.05) is 6.07 Å². The van der Waals surface area contributed by atoms with Gasteiger partial charge in [-0.15, -0.1) is 0 Å². The van der Waals surface area contributed by atoms with E-state index in [9.17, 15) is 18.0 Å². The van der Waals surface area contributed by atoms with Gasteiger partial charge in [0.05, 0.1) is 11.5 Å². The molecule has 8 nitrogen and oxygen atoms in total. The highest BCUT2D eigenvalue weighted by molar-refractivity contribution is 7.90. The number of benzene rings is 2. The lowest BCUT2D eigenvalue weighted by Crippen LogP contribution is -2.29. The van der Waals surface area contributed by atoms with E-state index in [4.69, 9.17) is 9.47 Å². The van der Waals surface area contributed by atoms with Crippen molar-refractivity contribution in [2.24, 2.45) is 0 Å². The van der Waals surface area contributed by atoms with Crippen molar-refractivity contribution in [3.8, 4) is 5.75 Å². The maximum atomic E-state index is 12.6. The number of sulfone groups is 1. The largest absolute Gasteiger partial charge is 0.493 e. The van der Waals surface area contributed by atoms with Crippen LogP contribution in [0.2, 0.25) is 0 Å². The van der Waals surface area contributed by atoms with Gasteiger partial charge in [-0.3, -0.25) is 10.1 Å². The molecule has 32 heavy (non-hydrogen) atoms. The molecule has 0 heterocycles. The first kappa shape index (κ1) is 25.2. The van der Waals surface area contributed by atoms with Crippen molar-refractivity contribution in [1.29, 1.82) is 0 Å². The Labute approximate surface area is 189 Å². The zero-order chi connectivity index (χ0) is 23.9. The summed E-state index contributed by atoms with van der Waals surface area (Å²) in [4.78, 5) is 26.2. The summed E-state index contributed by atoms with van der Waals surface area (Å²) in [6.07, 6.45) is 1.16. The van der Waals surface area contributed by atoms with Crippen molar-refractivity contribution in [2.45, 2.75) is 37.7 Å². The number of carbonyl (C=O) groups excluding carboxylic acids is 2. The van der Waals surface area contributed by atoms with Crippen LogP contribution in [0.15, 0.2) is 53.4 Å². The Balaban J connectivity index is 1.82. The molecule has 2 amide bonds. The molecule has 0 aliphatic carbocycles. The number of ether oxygens (including phenoxy) is 2. The number of amides is 2. The zero-order valence-electron chi connectivity index (χ0n) is 19.0. The van der Waals surface area contributed by atoms with Crippen molar-refractivity contribution in [2.75, 3.05) is 31.8 Å². The quantitative estimate of drug-likeness (QED) is 0.596. The Kier molecular flexibility index (Phi) is 8.26. The van der Waals surface area contributed by atoms with Gasteiger partial charge in [-0.2, -0.15) is 0 Å².